The van der Waals surface area contributed by atoms with Gasteiger partial charge >= 0.3 is 0 Å². The van der Waals surface area contributed by atoms with Crippen molar-refractivity contribution in [1.82, 2.24) is 15.0 Å². The van der Waals surface area contributed by atoms with E-state index in [9.17, 15) is 4.39 Å². The Labute approximate surface area is 209 Å². The second kappa shape index (κ2) is 9.55. The van der Waals surface area contributed by atoms with E-state index in [1.807, 2.05) is 18.2 Å². The number of rotatable bonds is 4. The van der Waals surface area contributed by atoms with E-state index in [0.717, 1.165) is 61.9 Å². The fraction of sp³-hybridized carbons (Fsp3) is 0.400. The monoisotopic (exact) mass is 500 g/mol. The van der Waals surface area contributed by atoms with Crippen molar-refractivity contribution >= 4 is 40.8 Å². The van der Waals surface area contributed by atoms with Crippen molar-refractivity contribution in [3.63, 3.8) is 0 Å². The van der Waals surface area contributed by atoms with Gasteiger partial charge in [0.05, 0.1) is 15.7 Å². The van der Waals surface area contributed by atoms with Gasteiger partial charge in [-0.15, -0.1) is 0 Å². The average Bonchev–Trinajstić information content (AvgIpc) is 3.26. The lowest BCUT2D eigenvalue weighted by atomic mass is 10.1. The zero-order valence-electron chi connectivity index (χ0n) is 19.3. The summed E-state index contributed by atoms with van der Waals surface area (Å²) in [4.78, 5) is 21.1. The number of halogens is 3. The Balaban J connectivity index is 1.49. The molecular formula is C25H27Cl2FN6. The summed E-state index contributed by atoms with van der Waals surface area (Å²) in [5.41, 5.74) is 1.51. The van der Waals surface area contributed by atoms with E-state index in [4.69, 9.17) is 33.2 Å². The van der Waals surface area contributed by atoms with Crippen molar-refractivity contribution in [3.8, 4) is 11.3 Å². The van der Waals surface area contributed by atoms with Crippen molar-refractivity contribution in [3.05, 3.63) is 58.5 Å². The second-order valence-electron chi connectivity index (χ2n) is 9.02. The highest BCUT2D eigenvalue weighted by Gasteiger charge is 2.29. The first-order valence-electron chi connectivity index (χ1n) is 11.6. The molecule has 2 fully saturated rings. The number of nitrogens with zero attached hydrogens (tertiary/aromatic N) is 6. The standard InChI is InChI=1S/C25H27Cl2FN6/c1-16-5-4-10-33(16)23-14-22(18-7-8-21(28)20(27)13-18)30-25(31-23)34-12-11-32(15-17(34)2)24-19(26)6-3-9-29-24/h3,6-9,13-14,16-17H,4-5,10-12,15H2,1-2H3/t16-,17+/m1/s1. The van der Waals surface area contributed by atoms with Crippen LogP contribution < -0.4 is 14.7 Å². The van der Waals surface area contributed by atoms with Gasteiger partial charge in [0, 0.05) is 56.1 Å². The molecular weight excluding hydrogens is 474 g/mol. The number of hydrogen-bond donors (Lipinski definition) is 0. The van der Waals surface area contributed by atoms with Crippen LogP contribution in [0.4, 0.5) is 22.0 Å². The highest BCUT2D eigenvalue weighted by atomic mass is 35.5. The summed E-state index contributed by atoms with van der Waals surface area (Å²) >= 11 is 12.5. The fourth-order valence-corrected chi connectivity index (χ4v) is 5.25. The van der Waals surface area contributed by atoms with Gasteiger partial charge in [0.1, 0.15) is 17.5 Å². The molecule has 2 saturated heterocycles. The van der Waals surface area contributed by atoms with Crippen LogP contribution in [0.1, 0.15) is 26.7 Å². The Morgan fingerprint density at radius 3 is 2.50 bits per heavy atom. The summed E-state index contributed by atoms with van der Waals surface area (Å²) in [6.45, 7) is 7.58. The molecule has 9 heteroatoms. The molecule has 2 atom stereocenters. The Morgan fingerprint density at radius 2 is 1.79 bits per heavy atom. The molecule has 2 aliphatic rings. The molecule has 0 spiro atoms. The van der Waals surface area contributed by atoms with Crippen molar-refractivity contribution < 1.29 is 4.39 Å². The minimum atomic E-state index is -0.439. The first-order chi connectivity index (χ1) is 16.4. The first-order valence-corrected chi connectivity index (χ1v) is 12.4. The third-order valence-electron chi connectivity index (χ3n) is 6.69. The first kappa shape index (κ1) is 23.1. The van der Waals surface area contributed by atoms with Crippen molar-refractivity contribution in [2.24, 2.45) is 0 Å². The van der Waals surface area contributed by atoms with Crippen molar-refractivity contribution in [2.75, 3.05) is 40.9 Å². The number of piperazine rings is 1. The minimum absolute atomic E-state index is 0.0861. The van der Waals surface area contributed by atoms with E-state index >= 15 is 0 Å². The number of hydrogen-bond acceptors (Lipinski definition) is 6. The number of anilines is 3. The maximum atomic E-state index is 13.8. The average molecular weight is 501 g/mol. The number of pyridine rings is 1. The van der Waals surface area contributed by atoms with Gasteiger partial charge < -0.3 is 14.7 Å². The summed E-state index contributed by atoms with van der Waals surface area (Å²) in [7, 11) is 0. The van der Waals surface area contributed by atoms with E-state index < -0.39 is 5.82 Å². The van der Waals surface area contributed by atoms with Crippen LogP contribution in [0.15, 0.2) is 42.6 Å². The summed E-state index contributed by atoms with van der Waals surface area (Å²) in [6.07, 6.45) is 4.04. The van der Waals surface area contributed by atoms with Crippen molar-refractivity contribution in [1.29, 1.82) is 0 Å². The normalized spacial score (nSPS) is 20.8. The molecule has 0 saturated carbocycles. The Morgan fingerprint density at radius 1 is 0.941 bits per heavy atom. The molecule has 4 heterocycles. The van der Waals surface area contributed by atoms with Gasteiger partial charge in [-0.1, -0.05) is 23.2 Å². The van der Waals surface area contributed by atoms with E-state index in [-0.39, 0.29) is 11.1 Å². The molecule has 1 aromatic carbocycles. The van der Waals surface area contributed by atoms with Crippen LogP contribution in [-0.4, -0.2) is 53.2 Å². The zero-order chi connectivity index (χ0) is 23.8. The van der Waals surface area contributed by atoms with Gasteiger partial charge in [0.15, 0.2) is 0 Å². The molecule has 0 N–H and O–H groups in total. The van der Waals surface area contributed by atoms with E-state index in [0.29, 0.717) is 17.0 Å². The molecule has 0 aliphatic carbocycles. The Hall–Kier alpha value is -2.64. The largest absolute Gasteiger partial charge is 0.354 e. The molecule has 0 amide bonds. The lowest BCUT2D eigenvalue weighted by Gasteiger charge is -2.41. The molecule has 178 valence electrons. The number of benzene rings is 1. The molecule has 34 heavy (non-hydrogen) atoms. The maximum absolute atomic E-state index is 13.8. The minimum Gasteiger partial charge on any atom is -0.354 e. The highest BCUT2D eigenvalue weighted by molar-refractivity contribution is 6.33. The highest BCUT2D eigenvalue weighted by Crippen LogP contribution is 2.32. The predicted octanol–water partition coefficient (Wildman–Crippen LogP) is 5.69. The Kier molecular flexibility index (Phi) is 6.49. The smallest absolute Gasteiger partial charge is 0.228 e. The summed E-state index contributed by atoms with van der Waals surface area (Å²) in [5.74, 6) is 1.93. The third-order valence-corrected chi connectivity index (χ3v) is 7.27. The van der Waals surface area contributed by atoms with Gasteiger partial charge in [0.2, 0.25) is 5.95 Å². The van der Waals surface area contributed by atoms with Gasteiger partial charge in [-0.05, 0) is 57.0 Å². The van der Waals surface area contributed by atoms with Crippen LogP contribution in [0.3, 0.4) is 0 Å². The van der Waals surface area contributed by atoms with Crippen LogP contribution >= 0.6 is 23.2 Å². The molecule has 5 rings (SSSR count). The van der Waals surface area contributed by atoms with E-state index in [2.05, 4.69) is 33.5 Å². The maximum Gasteiger partial charge on any atom is 0.228 e. The molecule has 0 radical (unpaired) electrons. The van der Waals surface area contributed by atoms with Gasteiger partial charge in [-0.25, -0.2) is 14.4 Å². The van der Waals surface area contributed by atoms with Crippen LogP contribution in [-0.2, 0) is 0 Å². The van der Waals surface area contributed by atoms with Gasteiger partial charge in [0.25, 0.3) is 0 Å². The molecule has 2 aromatic heterocycles. The quantitative estimate of drug-likeness (QED) is 0.458. The molecule has 6 nitrogen and oxygen atoms in total. The molecule has 2 aliphatic heterocycles. The zero-order valence-corrected chi connectivity index (χ0v) is 20.8. The topological polar surface area (TPSA) is 48.4 Å². The van der Waals surface area contributed by atoms with Crippen LogP contribution in [0.5, 0.6) is 0 Å². The lowest BCUT2D eigenvalue weighted by molar-refractivity contribution is 0.537. The molecule has 0 bridgehead atoms. The van der Waals surface area contributed by atoms with Gasteiger partial charge in [-0.3, -0.25) is 0 Å². The second-order valence-corrected chi connectivity index (χ2v) is 9.84. The molecule has 0 unspecified atom stereocenters. The summed E-state index contributed by atoms with van der Waals surface area (Å²) in [6, 6.07) is 11.0. The number of aromatic nitrogens is 3. The Bertz CT molecular complexity index is 1190. The van der Waals surface area contributed by atoms with Gasteiger partial charge in [-0.2, -0.15) is 4.98 Å². The summed E-state index contributed by atoms with van der Waals surface area (Å²) in [5, 5.41) is 0.739. The SMILES string of the molecule is C[C@@H]1CCCN1c1cc(-c2ccc(F)c(Cl)c2)nc(N2CCN(c3ncccc3Cl)C[C@@H]2C)n1. The van der Waals surface area contributed by atoms with E-state index in [1.54, 1.807) is 18.3 Å². The lowest BCUT2D eigenvalue weighted by Crippen LogP contribution is -2.53. The van der Waals surface area contributed by atoms with Crippen LogP contribution in [0.25, 0.3) is 11.3 Å². The van der Waals surface area contributed by atoms with Crippen molar-refractivity contribution in [2.45, 2.75) is 38.8 Å². The fourth-order valence-electron chi connectivity index (χ4n) is 4.83. The predicted molar refractivity (Wildman–Crippen MR) is 137 cm³/mol. The summed E-state index contributed by atoms with van der Waals surface area (Å²) < 4.78 is 13.8. The van der Waals surface area contributed by atoms with Crippen LogP contribution in [0.2, 0.25) is 10.0 Å². The third kappa shape index (κ3) is 4.51. The van der Waals surface area contributed by atoms with Crippen LogP contribution in [0, 0.1) is 5.82 Å². The van der Waals surface area contributed by atoms with E-state index in [1.165, 1.54) is 6.07 Å². The molecule has 3 aromatic rings.